The predicted molar refractivity (Wildman–Crippen MR) is 47.5 cm³/mol. The third kappa shape index (κ3) is 3.58. The lowest BCUT2D eigenvalue weighted by atomic mass is 9.96. The van der Waals surface area contributed by atoms with Gasteiger partial charge in [-0.25, -0.2) is 0 Å². The molecule has 1 N–H and O–H groups in total. The SMILES string of the molecule is CC(NC(=O)C(F)(F)F)(C(=O)CBr)C(F)(F)F. The number of amides is 1. The average Bonchev–Trinajstić information content (AvgIpc) is 2.12. The highest BCUT2D eigenvalue weighted by Crippen LogP contribution is 2.32. The van der Waals surface area contributed by atoms with Crippen molar-refractivity contribution in [3.63, 3.8) is 0 Å². The molecule has 0 aliphatic carbocycles. The largest absolute Gasteiger partial charge is 0.471 e. The van der Waals surface area contributed by atoms with Gasteiger partial charge in [0.05, 0.1) is 5.33 Å². The molecule has 3 nitrogen and oxygen atoms in total. The molecular formula is C7H6BrF6NO2. The Morgan fingerprint density at radius 2 is 1.53 bits per heavy atom. The fraction of sp³-hybridized carbons (Fsp3) is 0.714. The van der Waals surface area contributed by atoms with Gasteiger partial charge in [0.25, 0.3) is 0 Å². The van der Waals surface area contributed by atoms with Gasteiger partial charge in [-0.15, -0.1) is 0 Å². The van der Waals surface area contributed by atoms with Gasteiger partial charge in [0.1, 0.15) is 0 Å². The van der Waals surface area contributed by atoms with Crippen LogP contribution in [0.5, 0.6) is 0 Å². The van der Waals surface area contributed by atoms with Crippen LogP contribution in [-0.4, -0.2) is 34.9 Å². The summed E-state index contributed by atoms with van der Waals surface area (Å²) in [5.74, 6) is -4.46. The summed E-state index contributed by atoms with van der Waals surface area (Å²) in [6, 6.07) is 0. The molecule has 0 aromatic heterocycles. The molecule has 0 saturated heterocycles. The zero-order valence-electron chi connectivity index (χ0n) is 8.17. The van der Waals surface area contributed by atoms with Crippen molar-refractivity contribution in [2.24, 2.45) is 0 Å². The lowest BCUT2D eigenvalue weighted by molar-refractivity contribution is -0.205. The summed E-state index contributed by atoms with van der Waals surface area (Å²) >= 11 is 2.40. The van der Waals surface area contributed by atoms with Crippen LogP contribution >= 0.6 is 15.9 Å². The highest BCUT2D eigenvalue weighted by molar-refractivity contribution is 9.09. The van der Waals surface area contributed by atoms with Crippen LogP contribution in [-0.2, 0) is 9.59 Å². The van der Waals surface area contributed by atoms with E-state index in [0.29, 0.717) is 5.32 Å². The zero-order chi connectivity index (χ0) is 14.1. The number of halogens is 7. The summed E-state index contributed by atoms with van der Waals surface area (Å²) in [6.45, 7) is 0.167. The molecule has 0 heterocycles. The number of nitrogens with one attached hydrogen (secondary N) is 1. The van der Waals surface area contributed by atoms with Gasteiger partial charge in [-0.05, 0) is 6.92 Å². The van der Waals surface area contributed by atoms with Gasteiger partial charge >= 0.3 is 18.3 Å². The molecular weight excluding hydrogens is 324 g/mol. The Kier molecular flexibility index (Phi) is 4.60. The lowest BCUT2D eigenvalue weighted by Crippen LogP contribution is -2.64. The summed E-state index contributed by atoms with van der Waals surface area (Å²) in [6.07, 6.45) is -10.8. The summed E-state index contributed by atoms with van der Waals surface area (Å²) in [5.41, 5.74) is -3.58. The first-order chi connectivity index (χ1) is 7.36. The van der Waals surface area contributed by atoms with Gasteiger partial charge in [0, 0.05) is 0 Å². The van der Waals surface area contributed by atoms with Gasteiger partial charge in [0.15, 0.2) is 11.3 Å². The molecule has 0 aliphatic heterocycles. The molecule has 0 bridgehead atoms. The van der Waals surface area contributed by atoms with Gasteiger partial charge in [-0.1, -0.05) is 15.9 Å². The first-order valence-corrected chi connectivity index (χ1v) is 5.03. The van der Waals surface area contributed by atoms with Crippen molar-refractivity contribution in [3.8, 4) is 0 Å². The van der Waals surface area contributed by atoms with Crippen molar-refractivity contribution < 1.29 is 35.9 Å². The van der Waals surface area contributed by atoms with Crippen LogP contribution in [0.15, 0.2) is 0 Å². The highest BCUT2D eigenvalue weighted by Gasteiger charge is 2.59. The molecule has 1 unspecified atom stereocenters. The minimum Gasteiger partial charge on any atom is -0.328 e. The third-order valence-electron chi connectivity index (χ3n) is 1.87. The quantitative estimate of drug-likeness (QED) is 0.635. The van der Waals surface area contributed by atoms with Crippen LogP contribution in [0.2, 0.25) is 0 Å². The minimum atomic E-state index is -5.50. The van der Waals surface area contributed by atoms with Gasteiger partial charge in [-0.3, -0.25) is 9.59 Å². The molecule has 0 aromatic rings. The van der Waals surface area contributed by atoms with Crippen LogP contribution in [0.3, 0.4) is 0 Å². The third-order valence-corrected chi connectivity index (χ3v) is 2.38. The molecule has 0 aromatic carbocycles. The van der Waals surface area contributed by atoms with E-state index in [9.17, 15) is 35.9 Å². The van der Waals surface area contributed by atoms with Crippen molar-refractivity contribution in [2.45, 2.75) is 24.8 Å². The predicted octanol–water partition coefficient (Wildman–Crippen LogP) is 1.95. The van der Waals surface area contributed by atoms with E-state index in [1.165, 1.54) is 0 Å². The summed E-state index contributed by atoms with van der Waals surface area (Å²) in [5, 5.41) is -0.191. The van der Waals surface area contributed by atoms with E-state index in [-0.39, 0.29) is 6.92 Å². The number of carbonyl (C=O) groups is 2. The van der Waals surface area contributed by atoms with E-state index in [1.807, 2.05) is 0 Å². The van der Waals surface area contributed by atoms with Crippen molar-refractivity contribution in [1.29, 1.82) is 0 Å². The van der Waals surface area contributed by atoms with Crippen LogP contribution in [0.25, 0.3) is 0 Å². The van der Waals surface area contributed by atoms with E-state index in [4.69, 9.17) is 0 Å². The standard InChI is InChI=1S/C7H6BrF6NO2/c1-5(3(16)2-8,7(12,13)14)15-4(17)6(9,10)11/h2H2,1H3,(H,15,17). The molecule has 0 aliphatic rings. The molecule has 0 fully saturated rings. The van der Waals surface area contributed by atoms with Crippen molar-refractivity contribution in [1.82, 2.24) is 5.32 Å². The van der Waals surface area contributed by atoms with Gasteiger partial charge < -0.3 is 5.32 Å². The molecule has 0 rings (SSSR count). The van der Waals surface area contributed by atoms with E-state index in [0.717, 1.165) is 0 Å². The molecule has 0 radical (unpaired) electrons. The van der Waals surface area contributed by atoms with Gasteiger partial charge in [-0.2, -0.15) is 26.3 Å². The number of ketones is 1. The van der Waals surface area contributed by atoms with Crippen LogP contribution in [0, 0.1) is 0 Å². The van der Waals surface area contributed by atoms with E-state index in [2.05, 4.69) is 15.9 Å². The maximum atomic E-state index is 12.5. The second-order valence-electron chi connectivity index (χ2n) is 3.13. The van der Waals surface area contributed by atoms with Crippen molar-refractivity contribution >= 4 is 27.6 Å². The summed E-state index contributed by atoms with van der Waals surface area (Å²) < 4.78 is 72.9. The molecule has 0 spiro atoms. The second kappa shape index (κ2) is 4.83. The maximum absolute atomic E-state index is 12.5. The molecule has 1 amide bonds. The van der Waals surface area contributed by atoms with Crippen LogP contribution < -0.4 is 5.32 Å². The second-order valence-corrected chi connectivity index (χ2v) is 3.69. The van der Waals surface area contributed by atoms with Crippen LogP contribution in [0.1, 0.15) is 6.92 Å². The van der Waals surface area contributed by atoms with Crippen LogP contribution in [0.4, 0.5) is 26.3 Å². The van der Waals surface area contributed by atoms with Crippen molar-refractivity contribution in [3.05, 3.63) is 0 Å². The smallest absolute Gasteiger partial charge is 0.328 e. The fourth-order valence-electron chi connectivity index (χ4n) is 0.730. The lowest BCUT2D eigenvalue weighted by Gasteiger charge is -2.31. The topological polar surface area (TPSA) is 46.2 Å². The van der Waals surface area contributed by atoms with E-state index in [1.54, 1.807) is 0 Å². The zero-order valence-corrected chi connectivity index (χ0v) is 9.76. The Morgan fingerprint density at radius 3 is 1.76 bits per heavy atom. The Bertz CT molecular complexity index is 325. The Hall–Kier alpha value is -0.800. The number of rotatable bonds is 3. The molecule has 1 atom stereocenters. The Balaban J connectivity index is 5.26. The number of alkyl halides is 7. The highest BCUT2D eigenvalue weighted by atomic mass is 79.9. The monoisotopic (exact) mass is 329 g/mol. The Labute approximate surface area is 99.7 Å². The number of hydrogen-bond acceptors (Lipinski definition) is 2. The first kappa shape index (κ1) is 16.2. The summed E-state index contributed by atoms with van der Waals surface area (Å²) in [4.78, 5) is 21.4. The molecule has 10 heteroatoms. The van der Waals surface area contributed by atoms with E-state index < -0.39 is 34.9 Å². The molecule has 17 heavy (non-hydrogen) atoms. The fourth-order valence-corrected chi connectivity index (χ4v) is 1.29. The van der Waals surface area contributed by atoms with E-state index >= 15 is 0 Å². The number of Topliss-reactive ketones (excluding diaryl/α,β-unsaturated/α-hetero) is 1. The Morgan fingerprint density at radius 1 is 1.12 bits per heavy atom. The first-order valence-electron chi connectivity index (χ1n) is 3.91. The molecule has 0 saturated carbocycles. The minimum absolute atomic E-state index is 0.167. The summed E-state index contributed by atoms with van der Waals surface area (Å²) in [7, 11) is 0. The van der Waals surface area contributed by atoms with Gasteiger partial charge in [0.2, 0.25) is 0 Å². The number of carbonyl (C=O) groups excluding carboxylic acids is 2. The van der Waals surface area contributed by atoms with Crippen molar-refractivity contribution in [2.75, 3.05) is 5.33 Å². The average molecular weight is 330 g/mol. The normalized spacial score (nSPS) is 16.2. The maximum Gasteiger partial charge on any atom is 0.471 e. The number of hydrogen-bond donors (Lipinski definition) is 1. The molecule has 100 valence electrons.